The van der Waals surface area contributed by atoms with Crippen molar-refractivity contribution in [3.63, 3.8) is 0 Å². The Labute approximate surface area is 77.7 Å². The maximum atomic E-state index is 11.3. The molecule has 0 aliphatic heterocycles. The van der Waals surface area contributed by atoms with Gasteiger partial charge >= 0.3 is 0 Å². The molecule has 0 spiro atoms. The van der Waals surface area contributed by atoms with E-state index in [1.54, 1.807) is 6.07 Å². The Morgan fingerprint density at radius 3 is 2.92 bits per heavy atom. The van der Waals surface area contributed by atoms with Crippen molar-refractivity contribution in [3.05, 3.63) is 0 Å². The molecule has 0 saturated heterocycles. The van der Waals surface area contributed by atoms with Crippen molar-refractivity contribution < 1.29 is 9.59 Å². The number of carbonyl (C=O) groups excluding carboxylic acids is 2. The minimum absolute atomic E-state index is 0.0253. The number of rotatable bonds is 3. The molecule has 1 fully saturated rings. The molecule has 1 rings (SSSR count). The smallest absolute Gasteiger partial charge is 0.232 e. The van der Waals surface area contributed by atoms with Gasteiger partial charge in [0.15, 0.2) is 0 Å². The van der Waals surface area contributed by atoms with Gasteiger partial charge in [-0.1, -0.05) is 6.92 Å². The summed E-state index contributed by atoms with van der Waals surface area (Å²) < 4.78 is 0. The number of nitriles is 1. The molecule has 2 unspecified atom stereocenters. The zero-order valence-corrected chi connectivity index (χ0v) is 7.75. The molecule has 2 atom stereocenters. The van der Waals surface area contributed by atoms with Crippen LogP contribution >= 0.6 is 0 Å². The van der Waals surface area contributed by atoms with Gasteiger partial charge in [0, 0.05) is 18.8 Å². The van der Waals surface area contributed by atoms with Crippen molar-refractivity contribution in [2.24, 2.45) is 11.8 Å². The summed E-state index contributed by atoms with van der Waals surface area (Å²) >= 11 is 0. The van der Waals surface area contributed by atoms with Crippen LogP contribution in [0.3, 0.4) is 0 Å². The Kier molecular flexibility index (Phi) is 3.18. The molecule has 0 aromatic rings. The van der Waals surface area contributed by atoms with E-state index >= 15 is 0 Å². The van der Waals surface area contributed by atoms with Gasteiger partial charge in [-0.3, -0.25) is 9.59 Å². The average molecular weight is 179 g/mol. The zero-order valence-electron chi connectivity index (χ0n) is 7.75. The zero-order chi connectivity index (χ0) is 9.84. The van der Waals surface area contributed by atoms with E-state index in [1.165, 1.54) is 0 Å². The van der Waals surface area contributed by atoms with Gasteiger partial charge in [-0.15, -0.1) is 0 Å². The van der Waals surface area contributed by atoms with Gasteiger partial charge in [0.2, 0.25) is 5.78 Å². The van der Waals surface area contributed by atoms with Crippen molar-refractivity contribution >= 4 is 11.6 Å². The van der Waals surface area contributed by atoms with E-state index in [0.717, 1.165) is 12.8 Å². The molecule has 3 nitrogen and oxygen atoms in total. The molecule has 0 radical (unpaired) electrons. The number of Topliss-reactive ketones (excluding diaryl/α,β-unsaturated/α-hetero) is 2. The normalized spacial score (nSPS) is 24.0. The highest BCUT2D eigenvalue weighted by Crippen LogP contribution is 2.29. The minimum Gasteiger partial charge on any atom is -0.299 e. The minimum atomic E-state index is -0.410. The second-order valence-electron chi connectivity index (χ2n) is 3.68. The topological polar surface area (TPSA) is 57.9 Å². The van der Waals surface area contributed by atoms with Gasteiger partial charge < -0.3 is 0 Å². The van der Waals surface area contributed by atoms with Gasteiger partial charge in [0.05, 0.1) is 0 Å². The first-order chi connectivity index (χ1) is 6.15. The fraction of sp³-hybridized carbons (Fsp3) is 0.700. The first-order valence-corrected chi connectivity index (χ1v) is 4.60. The predicted molar refractivity (Wildman–Crippen MR) is 46.7 cm³/mol. The molecule has 1 aliphatic rings. The highest BCUT2D eigenvalue weighted by atomic mass is 16.1. The third-order valence-corrected chi connectivity index (χ3v) is 2.67. The SMILES string of the molecule is CC(CC(=O)C#N)C1CCCC1=O. The second kappa shape index (κ2) is 4.18. The lowest BCUT2D eigenvalue weighted by Crippen LogP contribution is -2.18. The third-order valence-electron chi connectivity index (χ3n) is 2.67. The number of hydrogen-bond acceptors (Lipinski definition) is 3. The lowest BCUT2D eigenvalue weighted by molar-refractivity contribution is -0.122. The van der Waals surface area contributed by atoms with Crippen LogP contribution < -0.4 is 0 Å². The number of nitrogens with zero attached hydrogens (tertiary/aromatic N) is 1. The van der Waals surface area contributed by atoms with Gasteiger partial charge in [-0.2, -0.15) is 5.26 Å². The monoisotopic (exact) mass is 179 g/mol. The summed E-state index contributed by atoms with van der Waals surface area (Å²) in [5, 5.41) is 8.31. The Bertz CT molecular complexity index is 265. The molecule has 1 aliphatic carbocycles. The largest absolute Gasteiger partial charge is 0.299 e. The van der Waals surface area contributed by atoms with Crippen LogP contribution in [-0.2, 0) is 9.59 Å². The van der Waals surface area contributed by atoms with Crippen molar-refractivity contribution in [2.75, 3.05) is 0 Å². The van der Waals surface area contributed by atoms with E-state index in [-0.39, 0.29) is 24.0 Å². The molecule has 0 aromatic carbocycles. The van der Waals surface area contributed by atoms with Gasteiger partial charge in [-0.05, 0) is 18.8 Å². The van der Waals surface area contributed by atoms with Gasteiger partial charge in [-0.25, -0.2) is 0 Å². The first kappa shape index (κ1) is 9.91. The maximum Gasteiger partial charge on any atom is 0.232 e. The number of hydrogen-bond donors (Lipinski definition) is 0. The van der Waals surface area contributed by atoms with Crippen LogP contribution in [0.2, 0.25) is 0 Å². The molecule has 0 heterocycles. The molecule has 0 bridgehead atoms. The lowest BCUT2D eigenvalue weighted by Gasteiger charge is -2.14. The molecule has 0 amide bonds. The van der Waals surface area contributed by atoms with Gasteiger partial charge in [0.1, 0.15) is 11.9 Å². The van der Waals surface area contributed by atoms with Crippen LogP contribution in [0.15, 0.2) is 0 Å². The second-order valence-corrected chi connectivity index (χ2v) is 3.68. The molecular formula is C10H13NO2. The summed E-state index contributed by atoms with van der Waals surface area (Å²) in [6.07, 6.45) is 2.70. The van der Waals surface area contributed by atoms with Crippen molar-refractivity contribution in [1.29, 1.82) is 5.26 Å². The summed E-state index contributed by atoms with van der Waals surface area (Å²) in [5.74, 6) is -0.0788. The van der Waals surface area contributed by atoms with Crippen LogP contribution in [0.4, 0.5) is 0 Å². The average Bonchev–Trinajstić information content (AvgIpc) is 2.51. The van der Waals surface area contributed by atoms with E-state index in [4.69, 9.17) is 5.26 Å². The highest BCUT2D eigenvalue weighted by molar-refractivity contribution is 5.94. The van der Waals surface area contributed by atoms with Crippen LogP contribution in [0.1, 0.15) is 32.6 Å². The van der Waals surface area contributed by atoms with Crippen LogP contribution in [0, 0.1) is 23.2 Å². The van der Waals surface area contributed by atoms with Crippen molar-refractivity contribution in [1.82, 2.24) is 0 Å². The van der Waals surface area contributed by atoms with Crippen molar-refractivity contribution in [2.45, 2.75) is 32.6 Å². The van der Waals surface area contributed by atoms with E-state index in [9.17, 15) is 9.59 Å². The number of carbonyl (C=O) groups is 2. The summed E-state index contributed by atoms with van der Waals surface area (Å²) in [7, 11) is 0. The van der Waals surface area contributed by atoms with E-state index in [1.807, 2.05) is 6.92 Å². The predicted octanol–water partition coefficient (Wildman–Crippen LogP) is 1.47. The summed E-state index contributed by atoms with van der Waals surface area (Å²) in [6.45, 7) is 1.88. The first-order valence-electron chi connectivity index (χ1n) is 4.60. The summed E-state index contributed by atoms with van der Waals surface area (Å²) in [5.41, 5.74) is 0. The number of ketones is 2. The van der Waals surface area contributed by atoms with Gasteiger partial charge in [0.25, 0.3) is 0 Å². The molecule has 0 aromatic heterocycles. The van der Waals surface area contributed by atoms with Crippen molar-refractivity contribution in [3.8, 4) is 6.07 Å². The molecule has 13 heavy (non-hydrogen) atoms. The maximum absolute atomic E-state index is 11.3. The summed E-state index contributed by atoms with van der Waals surface area (Å²) in [6, 6.07) is 1.58. The third kappa shape index (κ3) is 2.38. The fourth-order valence-electron chi connectivity index (χ4n) is 1.92. The van der Waals surface area contributed by atoms with E-state index in [0.29, 0.717) is 6.42 Å². The van der Waals surface area contributed by atoms with E-state index in [2.05, 4.69) is 0 Å². The quantitative estimate of drug-likeness (QED) is 0.616. The fourth-order valence-corrected chi connectivity index (χ4v) is 1.92. The molecule has 70 valence electrons. The lowest BCUT2D eigenvalue weighted by atomic mass is 9.88. The van der Waals surface area contributed by atoms with Crippen LogP contribution in [-0.4, -0.2) is 11.6 Å². The standard InChI is InChI=1S/C10H13NO2/c1-7(5-8(12)6-11)9-3-2-4-10(9)13/h7,9H,2-5H2,1H3. The Morgan fingerprint density at radius 2 is 2.46 bits per heavy atom. The van der Waals surface area contributed by atoms with Crippen LogP contribution in [0.5, 0.6) is 0 Å². The molecule has 0 N–H and O–H groups in total. The van der Waals surface area contributed by atoms with E-state index < -0.39 is 5.78 Å². The highest BCUT2D eigenvalue weighted by Gasteiger charge is 2.30. The Hall–Kier alpha value is -1.17. The Morgan fingerprint density at radius 1 is 1.77 bits per heavy atom. The van der Waals surface area contributed by atoms with Crippen LogP contribution in [0.25, 0.3) is 0 Å². The molecule has 1 saturated carbocycles. The summed E-state index contributed by atoms with van der Waals surface area (Å²) in [4.78, 5) is 22.1. The molecular weight excluding hydrogens is 166 g/mol. The Balaban J connectivity index is 2.48. The molecule has 3 heteroatoms.